The van der Waals surface area contributed by atoms with Crippen LogP contribution in [0, 0.1) is 17.0 Å². The number of nitro groups is 1. The lowest BCUT2D eigenvalue weighted by atomic mass is 10.1. The first kappa shape index (κ1) is 24.0. The Labute approximate surface area is 208 Å². The molecule has 3 aromatic carbocycles. The van der Waals surface area contributed by atoms with Crippen molar-refractivity contribution in [2.75, 3.05) is 16.1 Å². The summed E-state index contributed by atoms with van der Waals surface area (Å²) < 4.78 is 0. The molecule has 0 aliphatic heterocycles. The topological polar surface area (TPSA) is 130 Å². The molecule has 36 heavy (non-hydrogen) atoms. The Balaban J connectivity index is 1.56. The number of hydrogen-bond donors (Lipinski definition) is 3. The molecule has 4 rings (SSSR count). The van der Waals surface area contributed by atoms with Crippen molar-refractivity contribution in [3.63, 3.8) is 0 Å². The van der Waals surface area contributed by atoms with E-state index in [2.05, 4.69) is 36.1 Å². The van der Waals surface area contributed by atoms with E-state index in [9.17, 15) is 10.1 Å². The summed E-state index contributed by atoms with van der Waals surface area (Å²) in [6.07, 6.45) is 3.68. The van der Waals surface area contributed by atoms with Gasteiger partial charge in [0.25, 0.3) is 5.69 Å². The number of aryl methyl sites for hydroxylation is 1. The molecule has 180 valence electrons. The van der Waals surface area contributed by atoms with Crippen LogP contribution in [0.2, 0.25) is 0 Å². The highest BCUT2D eigenvalue weighted by atomic mass is 16.6. The van der Waals surface area contributed by atoms with Crippen molar-refractivity contribution in [3.05, 3.63) is 106 Å². The lowest BCUT2D eigenvalue weighted by Gasteiger charge is -2.11. The number of benzene rings is 3. The van der Waals surface area contributed by atoms with Crippen LogP contribution in [0.4, 0.5) is 34.9 Å². The van der Waals surface area contributed by atoms with Gasteiger partial charge in [-0.25, -0.2) is 5.43 Å². The number of non-ortho nitro benzene ring substituents is 1. The number of nitro benzene ring substituents is 1. The van der Waals surface area contributed by atoms with Crippen molar-refractivity contribution >= 4 is 47.2 Å². The molecule has 3 N–H and O–H groups in total. The maximum atomic E-state index is 10.9. The van der Waals surface area contributed by atoms with Gasteiger partial charge >= 0.3 is 0 Å². The number of aromatic nitrogens is 3. The fourth-order valence-corrected chi connectivity index (χ4v) is 3.21. The number of hydrogen-bond acceptors (Lipinski definition) is 9. The van der Waals surface area contributed by atoms with Gasteiger partial charge < -0.3 is 10.6 Å². The van der Waals surface area contributed by atoms with Gasteiger partial charge in [0, 0.05) is 23.5 Å². The summed E-state index contributed by atoms with van der Waals surface area (Å²) in [6, 6.07) is 23.7. The SMILES string of the molecule is CC(/C=N/Nc1nc(Nc2ccc([N+](=O)[O-])cc2)nc(Nc2ccccc2C)n1)=C\c1ccccc1. The largest absolute Gasteiger partial charge is 0.324 e. The first-order chi connectivity index (χ1) is 17.5. The van der Waals surface area contributed by atoms with Crippen molar-refractivity contribution in [2.45, 2.75) is 13.8 Å². The monoisotopic (exact) mass is 480 g/mol. The van der Waals surface area contributed by atoms with Gasteiger partial charge in [0.05, 0.1) is 11.1 Å². The molecule has 4 aromatic rings. The number of rotatable bonds is 9. The van der Waals surface area contributed by atoms with Gasteiger partial charge in [-0.2, -0.15) is 20.1 Å². The average molecular weight is 481 g/mol. The first-order valence-electron chi connectivity index (χ1n) is 11.1. The highest BCUT2D eigenvalue weighted by molar-refractivity contribution is 5.85. The molecule has 10 nitrogen and oxygen atoms in total. The van der Waals surface area contributed by atoms with Gasteiger partial charge in [0.1, 0.15) is 0 Å². The molecule has 0 spiro atoms. The van der Waals surface area contributed by atoms with Gasteiger partial charge in [-0.3, -0.25) is 10.1 Å². The van der Waals surface area contributed by atoms with E-state index in [1.165, 1.54) is 12.1 Å². The van der Waals surface area contributed by atoms with Crippen molar-refractivity contribution in [2.24, 2.45) is 5.10 Å². The third kappa shape index (κ3) is 6.70. The molecule has 1 heterocycles. The van der Waals surface area contributed by atoms with Crippen LogP contribution in [0.3, 0.4) is 0 Å². The number of nitrogens with one attached hydrogen (secondary N) is 3. The molecule has 0 atom stereocenters. The fraction of sp³-hybridized carbons (Fsp3) is 0.0769. The number of nitrogens with zero attached hydrogens (tertiary/aromatic N) is 5. The molecule has 0 unspecified atom stereocenters. The van der Waals surface area contributed by atoms with Crippen molar-refractivity contribution in [3.8, 4) is 0 Å². The van der Waals surface area contributed by atoms with Gasteiger partial charge in [0.2, 0.25) is 17.8 Å². The molecular weight excluding hydrogens is 456 g/mol. The second-order valence-electron chi connectivity index (χ2n) is 7.84. The van der Waals surface area contributed by atoms with E-state index in [1.807, 2.05) is 74.5 Å². The van der Waals surface area contributed by atoms with Crippen LogP contribution in [0.5, 0.6) is 0 Å². The quantitative estimate of drug-likeness (QED) is 0.149. The Morgan fingerprint density at radius 1 is 0.861 bits per heavy atom. The maximum absolute atomic E-state index is 10.9. The molecule has 0 fully saturated rings. The summed E-state index contributed by atoms with van der Waals surface area (Å²) in [4.78, 5) is 23.7. The fourth-order valence-electron chi connectivity index (χ4n) is 3.21. The van der Waals surface area contributed by atoms with Crippen LogP contribution in [0.1, 0.15) is 18.1 Å². The third-order valence-electron chi connectivity index (χ3n) is 4.99. The van der Waals surface area contributed by atoms with E-state index in [-0.39, 0.29) is 17.6 Å². The minimum atomic E-state index is -0.453. The van der Waals surface area contributed by atoms with Gasteiger partial charge in [-0.1, -0.05) is 54.6 Å². The zero-order valence-corrected chi connectivity index (χ0v) is 19.7. The summed E-state index contributed by atoms with van der Waals surface area (Å²) in [6.45, 7) is 3.92. The summed E-state index contributed by atoms with van der Waals surface area (Å²) >= 11 is 0. The number of para-hydroxylation sites is 1. The molecule has 0 saturated heterocycles. The van der Waals surface area contributed by atoms with Crippen LogP contribution in [-0.4, -0.2) is 26.1 Å². The number of hydrazone groups is 1. The second kappa shape index (κ2) is 11.3. The van der Waals surface area contributed by atoms with Gasteiger partial charge in [0.15, 0.2) is 0 Å². The van der Waals surface area contributed by atoms with Crippen LogP contribution < -0.4 is 16.1 Å². The van der Waals surface area contributed by atoms with Crippen molar-refractivity contribution < 1.29 is 4.92 Å². The molecule has 0 radical (unpaired) electrons. The smallest absolute Gasteiger partial charge is 0.269 e. The van der Waals surface area contributed by atoms with Gasteiger partial charge in [-0.15, -0.1) is 0 Å². The molecule has 0 amide bonds. The Bertz CT molecular complexity index is 1400. The normalized spacial score (nSPS) is 11.3. The summed E-state index contributed by atoms with van der Waals surface area (Å²) in [5.41, 5.74) is 7.31. The second-order valence-corrected chi connectivity index (χ2v) is 7.84. The van der Waals surface area contributed by atoms with E-state index < -0.39 is 4.92 Å². The van der Waals surface area contributed by atoms with E-state index >= 15 is 0 Å². The van der Waals surface area contributed by atoms with Gasteiger partial charge in [-0.05, 0) is 48.7 Å². The maximum Gasteiger partial charge on any atom is 0.269 e. The number of anilines is 5. The molecule has 0 aliphatic rings. The highest BCUT2D eigenvalue weighted by Gasteiger charge is 2.10. The molecule has 0 bridgehead atoms. The van der Waals surface area contributed by atoms with Crippen LogP contribution >= 0.6 is 0 Å². The van der Waals surface area contributed by atoms with E-state index in [4.69, 9.17) is 0 Å². The van der Waals surface area contributed by atoms with E-state index in [0.717, 1.165) is 22.4 Å². The van der Waals surface area contributed by atoms with Crippen LogP contribution in [0.25, 0.3) is 6.08 Å². The third-order valence-corrected chi connectivity index (χ3v) is 4.99. The molecule has 10 heteroatoms. The minimum Gasteiger partial charge on any atom is -0.324 e. The summed E-state index contributed by atoms with van der Waals surface area (Å²) in [5, 5.41) is 21.4. The standard InChI is InChI=1S/C26H24N8O2/c1-18(16-20-9-4-3-5-10-20)17-27-33-26-31-24(28-21-12-14-22(15-13-21)34(35)36)30-25(32-26)29-23-11-7-6-8-19(23)2/h3-17H,1-2H3,(H3,28,29,30,31,32,33)/b18-16+,27-17+. The zero-order valence-electron chi connectivity index (χ0n) is 19.7. The minimum absolute atomic E-state index is 0.00581. The summed E-state index contributed by atoms with van der Waals surface area (Å²) in [5.74, 6) is 0.761. The molecule has 0 aliphatic carbocycles. The lowest BCUT2D eigenvalue weighted by Crippen LogP contribution is -2.07. The van der Waals surface area contributed by atoms with Crippen LogP contribution in [0.15, 0.2) is 89.5 Å². The van der Waals surface area contributed by atoms with E-state index in [1.54, 1.807) is 18.3 Å². The number of allylic oxidation sites excluding steroid dienone is 1. The first-order valence-corrected chi connectivity index (χ1v) is 11.1. The predicted octanol–water partition coefficient (Wildman–Crippen LogP) is 6.08. The Hall–Kier alpha value is -5.12. The van der Waals surface area contributed by atoms with E-state index in [0.29, 0.717) is 11.6 Å². The molecule has 0 saturated carbocycles. The Morgan fingerprint density at radius 3 is 2.19 bits per heavy atom. The Morgan fingerprint density at radius 2 is 1.50 bits per heavy atom. The molecular formula is C26H24N8O2. The highest BCUT2D eigenvalue weighted by Crippen LogP contribution is 2.22. The lowest BCUT2D eigenvalue weighted by molar-refractivity contribution is -0.384. The Kier molecular flexibility index (Phi) is 7.57. The molecule has 1 aromatic heterocycles. The van der Waals surface area contributed by atoms with Crippen molar-refractivity contribution in [1.82, 2.24) is 15.0 Å². The van der Waals surface area contributed by atoms with Crippen LogP contribution in [-0.2, 0) is 0 Å². The predicted molar refractivity (Wildman–Crippen MR) is 143 cm³/mol. The van der Waals surface area contributed by atoms with Crippen molar-refractivity contribution in [1.29, 1.82) is 0 Å². The average Bonchev–Trinajstić information content (AvgIpc) is 2.86. The summed E-state index contributed by atoms with van der Waals surface area (Å²) in [7, 11) is 0. The zero-order chi connectivity index (χ0) is 25.3.